The van der Waals surface area contributed by atoms with Gasteiger partial charge in [-0.05, 0) is 33.8 Å². The molecular formula is C10H16BrNO2S2. The highest BCUT2D eigenvalue weighted by Crippen LogP contribution is 2.21. The first kappa shape index (κ1) is 14.2. The highest BCUT2D eigenvalue weighted by molar-refractivity contribution is 9.10. The van der Waals surface area contributed by atoms with Crippen LogP contribution in [0.15, 0.2) is 15.9 Å². The largest absolute Gasteiger partial charge is 0.311 e. The van der Waals surface area contributed by atoms with Crippen molar-refractivity contribution in [2.75, 3.05) is 18.1 Å². The molecule has 0 aliphatic heterocycles. The van der Waals surface area contributed by atoms with Crippen LogP contribution in [0.4, 0.5) is 0 Å². The summed E-state index contributed by atoms with van der Waals surface area (Å²) < 4.78 is 23.9. The summed E-state index contributed by atoms with van der Waals surface area (Å²) in [5.74, 6) is 0.515. The highest BCUT2D eigenvalue weighted by atomic mass is 79.9. The summed E-state index contributed by atoms with van der Waals surface area (Å²) in [6, 6.07) is 2.00. The minimum Gasteiger partial charge on any atom is -0.311 e. The molecular weight excluding hydrogens is 310 g/mol. The number of thiophene rings is 1. The van der Waals surface area contributed by atoms with Crippen molar-refractivity contribution in [3.63, 3.8) is 0 Å². The zero-order valence-electron chi connectivity index (χ0n) is 9.20. The van der Waals surface area contributed by atoms with Crippen molar-refractivity contribution in [3.8, 4) is 0 Å². The van der Waals surface area contributed by atoms with E-state index in [0.29, 0.717) is 13.0 Å². The Labute approximate surface area is 109 Å². The second-order valence-electron chi connectivity index (χ2n) is 3.52. The summed E-state index contributed by atoms with van der Waals surface area (Å²) in [6.07, 6.45) is 0.693. The smallest absolute Gasteiger partial charge is 0.151 e. The van der Waals surface area contributed by atoms with Gasteiger partial charge in [-0.2, -0.15) is 0 Å². The van der Waals surface area contributed by atoms with E-state index in [2.05, 4.69) is 21.2 Å². The average molecular weight is 326 g/mol. The molecule has 0 aromatic carbocycles. The van der Waals surface area contributed by atoms with Gasteiger partial charge in [-0.3, -0.25) is 0 Å². The monoisotopic (exact) mass is 325 g/mol. The molecule has 0 radical (unpaired) electrons. The molecule has 0 bridgehead atoms. The fourth-order valence-electron chi connectivity index (χ4n) is 1.29. The number of rotatable bonds is 7. The molecule has 1 aromatic rings. The second-order valence-corrected chi connectivity index (χ2v) is 7.68. The van der Waals surface area contributed by atoms with Crippen LogP contribution in [0, 0.1) is 0 Å². The quantitative estimate of drug-likeness (QED) is 0.783. The number of hydrogen-bond donors (Lipinski definition) is 1. The Morgan fingerprint density at radius 1 is 1.44 bits per heavy atom. The molecule has 1 N–H and O–H groups in total. The number of nitrogens with one attached hydrogen (secondary N) is 1. The summed E-state index contributed by atoms with van der Waals surface area (Å²) in [7, 11) is -2.85. The Bertz CT molecular complexity index is 414. The predicted octanol–water partition coefficient (Wildman–Crippen LogP) is 2.43. The molecule has 6 heteroatoms. The van der Waals surface area contributed by atoms with Gasteiger partial charge in [-0.1, -0.05) is 6.92 Å². The molecule has 0 spiro atoms. The molecule has 0 aliphatic carbocycles. The van der Waals surface area contributed by atoms with Crippen molar-refractivity contribution in [1.29, 1.82) is 0 Å². The Hall–Kier alpha value is 0.0900. The molecule has 0 aliphatic rings. The average Bonchev–Trinajstić information content (AvgIpc) is 2.59. The Morgan fingerprint density at radius 2 is 2.19 bits per heavy atom. The predicted molar refractivity (Wildman–Crippen MR) is 72.7 cm³/mol. The fourth-order valence-corrected chi connectivity index (χ4v) is 4.04. The van der Waals surface area contributed by atoms with Crippen LogP contribution in [0.3, 0.4) is 0 Å². The van der Waals surface area contributed by atoms with E-state index < -0.39 is 9.84 Å². The van der Waals surface area contributed by atoms with Crippen LogP contribution < -0.4 is 5.32 Å². The maximum absolute atomic E-state index is 11.4. The van der Waals surface area contributed by atoms with Gasteiger partial charge in [0.1, 0.15) is 0 Å². The zero-order valence-corrected chi connectivity index (χ0v) is 12.4. The van der Waals surface area contributed by atoms with Crippen molar-refractivity contribution in [2.45, 2.75) is 19.9 Å². The summed E-state index contributed by atoms with van der Waals surface area (Å²) >= 11 is 5.09. The van der Waals surface area contributed by atoms with Crippen LogP contribution in [0.5, 0.6) is 0 Å². The van der Waals surface area contributed by atoms with Gasteiger partial charge >= 0.3 is 0 Å². The van der Waals surface area contributed by atoms with E-state index in [0.717, 1.165) is 11.0 Å². The van der Waals surface area contributed by atoms with Gasteiger partial charge in [-0.15, -0.1) is 11.3 Å². The van der Waals surface area contributed by atoms with Gasteiger partial charge in [0, 0.05) is 28.2 Å². The van der Waals surface area contributed by atoms with E-state index >= 15 is 0 Å². The molecule has 0 saturated heterocycles. The van der Waals surface area contributed by atoms with Gasteiger partial charge < -0.3 is 5.32 Å². The molecule has 0 unspecified atom stereocenters. The lowest BCUT2D eigenvalue weighted by molar-refractivity contribution is 0.589. The minimum atomic E-state index is -2.85. The summed E-state index contributed by atoms with van der Waals surface area (Å²) in [6.45, 7) is 3.13. The summed E-state index contributed by atoms with van der Waals surface area (Å²) in [5.41, 5.74) is 0. The van der Waals surface area contributed by atoms with Gasteiger partial charge in [0.05, 0.1) is 5.75 Å². The third-order valence-electron chi connectivity index (χ3n) is 2.08. The third-order valence-corrected chi connectivity index (χ3v) is 5.86. The van der Waals surface area contributed by atoms with E-state index in [1.54, 1.807) is 11.3 Å². The lowest BCUT2D eigenvalue weighted by atomic mass is 10.4. The first-order chi connectivity index (χ1) is 7.55. The molecule has 16 heavy (non-hydrogen) atoms. The Morgan fingerprint density at radius 3 is 2.75 bits per heavy atom. The SMILES string of the molecule is CCCS(=O)(=O)CCNCc1sccc1Br. The van der Waals surface area contributed by atoms with Crippen molar-refractivity contribution < 1.29 is 8.42 Å². The van der Waals surface area contributed by atoms with Crippen molar-refractivity contribution >= 4 is 37.1 Å². The fraction of sp³-hybridized carbons (Fsp3) is 0.600. The van der Waals surface area contributed by atoms with E-state index in [-0.39, 0.29) is 11.5 Å². The highest BCUT2D eigenvalue weighted by Gasteiger charge is 2.08. The van der Waals surface area contributed by atoms with E-state index in [4.69, 9.17) is 0 Å². The number of hydrogen-bond acceptors (Lipinski definition) is 4. The third kappa shape index (κ3) is 4.95. The first-order valence-electron chi connectivity index (χ1n) is 5.18. The molecule has 3 nitrogen and oxygen atoms in total. The van der Waals surface area contributed by atoms with Crippen LogP contribution in [0.25, 0.3) is 0 Å². The van der Waals surface area contributed by atoms with Gasteiger partial charge in [0.2, 0.25) is 0 Å². The van der Waals surface area contributed by atoms with Crippen LogP contribution in [0.1, 0.15) is 18.2 Å². The first-order valence-corrected chi connectivity index (χ1v) is 8.67. The van der Waals surface area contributed by atoms with E-state index in [1.807, 2.05) is 18.4 Å². The van der Waals surface area contributed by atoms with Crippen LogP contribution in [0.2, 0.25) is 0 Å². The van der Waals surface area contributed by atoms with Crippen molar-refractivity contribution in [1.82, 2.24) is 5.32 Å². The maximum atomic E-state index is 11.4. The minimum absolute atomic E-state index is 0.226. The maximum Gasteiger partial charge on any atom is 0.151 e. The topological polar surface area (TPSA) is 46.2 Å². The summed E-state index contributed by atoms with van der Waals surface area (Å²) in [5, 5.41) is 5.15. The standard InChI is InChI=1S/C10H16BrNO2S2/c1-2-6-16(13,14)7-4-12-8-10-9(11)3-5-15-10/h3,5,12H,2,4,6-8H2,1H3. The van der Waals surface area contributed by atoms with E-state index in [9.17, 15) is 8.42 Å². The number of halogens is 1. The van der Waals surface area contributed by atoms with Crippen molar-refractivity contribution in [2.24, 2.45) is 0 Å². The van der Waals surface area contributed by atoms with Crippen molar-refractivity contribution in [3.05, 3.63) is 20.8 Å². The Balaban J connectivity index is 2.25. The van der Waals surface area contributed by atoms with Gasteiger partial charge in [0.15, 0.2) is 9.84 Å². The molecule has 1 rings (SSSR count). The lowest BCUT2D eigenvalue weighted by Gasteiger charge is -2.04. The van der Waals surface area contributed by atoms with Crippen LogP contribution in [-0.2, 0) is 16.4 Å². The normalized spacial score (nSPS) is 11.9. The molecule has 1 aromatic heterocycles. The molecule has 92 valence electrons. The van der Waals surface area contributed by atoms with Gasteiger partial charge in [-0.25, -0.2) is 8.42 Å². The molecule has 0 fully saturated rings. The van der Waals surface area contributed by atoms with E-state index in [1.165, 1.54) is 4.88 Å². The zero-order chi connectivity index (χ0) is 12.0. The van der Waals surface area contributed by atoms with Crippen LogP contribution >= 0.6 is 27.3 Å². The Kier molecular flexibility index (Phi) is 5.96. The van der Waals surface area contributed by atoms with Crippen LogP contribution in [-0.4, -0.2) is 26.5 Å². The molecule has 0 atom stereocenters. The summed E-state index contributed by atoms with van der Waals surface area (Å²) in [4.78, 5) is 1.20. The number of sulfone groups is 1. The van der Waals surface area contributed by atoms with Gasteiger partial charge in [0.25, 0.3) is 0 Å². The molecule has 0 amide bonds. The molecule has 0 saturated carbocycles. The second kappa shape index (κ2) is 6.74. The lowest BCUT2D eigenvalue weighted by Crippen LogP contribution is -2.23. The molecule has 1 heterocycles.